The Bertz CT molecular complexity index is 173. The molecule has 1 aliphatic carbocycles. The summed E-state index contributed by atoms with van der Waals surface area (Å²) in [5, 5.41) is 3.26. The number of nitrogens with zero attached hydrogens (tertiary/aromatic N) is 1. The minimum absolute atomic E-state index is 1.06. The summed E-state index contributed by atoms with van der Waals surface area (Å²) in [5.74, 6) is 3.22. The maximum absolute atomic E-state index is 3.26. The van der Waals surface area contributed by atoms with Crippen LogP contribution in [0, 0.1) is 17.8 Å². The average molecular weight is 196 g/mol. The normalized spacial score (nSPS) is 34.7. The predicted molar refractivity (Wildman–Crippen MR) is 60.4 cm³/mol. The van der Waals surface area contributed by atoms with Crippen LogP contribution in [0.15, 0.2) is 0 Å². The molecular formula is C12H24N2. The van der Waals surface area contributed by atoms with Crippen molar-refractivity contribution < 1.29 is 0 Å². The first-order chi connectivity index (χ1) is 6.81. The van der Waals surface area contributed by atoms with E-state index < -0.39 is 0 Å². The van der Waals surface area contributed by atoms with Crippen molar-refractivity contribution >= 4 is 0 Å². The molecule has 0 radical (unpaired) electrons. The Balaban J connectivity index is 1.66. The van der Waals surface area contributed by atoms with Crippen LogP contribution in [0.25, 0.3) is 0 Å². The Kier molecular flexibility index (Phi) is 3.45. The van der Waals surface area contributed by atoms with Crippen LogP contribution < -0.4 is 5.32 Å². The van der Waals surface area contributed by atoms with Crippen molar-refractivity contribution in [2.45, 2.75) is 25.7 Å². The smallest absolute Gasteiger partial charge is 0.00190 e. The van der Waals surface area contributed by atoms with Gasteiger partial charge in [0.25, 0.3) is 0 Å². The fourth-order valence-electron chi connectivity index (χ4n) is 2.97. The van der Waals surface area contributed by atoms with Crippen LogP contribution in [0.1, 0.15) is 25.7 Å². The van der Waals surface area contributed by atoms with Crippen molar-refractivity contribution in [2.24, 2.45) is 17.8 Å². The van der Waals surface area contributed by atoms with E-state index in [2.05, 4.69) is 24.3 Å². The van der Waals surface area contributed by atoms with Crippen LogP contribution in [0.2, 0.25) is 0 Å². The Morgan fingerprint density at radius 3 is 2.64 bits per heavy atom. The summed E-state index contributed by atoms with van der Waals surface area (Å²) in [6.45, 7) is 3.88. The van der Waals surface area contributed by atoms with E-state index in [1.807, 2.05) is 0 Å². The maximum Gasteiger partial charge on any atom is -0.00190 e. The zero-order valence-corrected chi connectivity index (χ0v) is 9.63. The van der Waals surface area contributed by atoms with Gasteiger partial charge in [-0.05, 0) is 77.2 Å². The van der Waals surface area contributed by atoms with Crippen molar-refractivity contribution in [3.8, 4) is 0 Å². The lowest BCUT2D eigenvalue weighted by atomic mass is 9.91. The van der Waals surface area contributed by atoms with Gasteiger partial charge in [0.05, 0.1) is 0 Å². The third kappa shape index (κ3) is 2.48. The minimum Gasteiger partial charge on any atom is -0.320 e. The molecule has 1 unspecified atom stereocenters. The van der Waals surface area contributed by atoms with Crippen LogP contribution in [-0.4, -0.2) is 38.6 Å². The molecule has 1 saturated heterocycles. The first-order valence-electron chi connectivity index (χ1n) is 6.14. The first-order valence-corrected chi connectivity index (χ1v) is 6.14. The Morgan fingerprint density at radius 1 is 1.29 bits per heavy atom. The third-order valence-corrected chi connectivity index (χ3v) is 4.11. The summed E-state index contributed by atoms with van der Waals surface area (Å²) in [7, 11) is 4.31. The fourth-order valence-corrected chi connectivity index (χ4v) is 2.97. The molecule has 0 aromatic heterocycles. The fraction of sp³-hybridized carbons (Fsp3) is 1.00. The molecule has 14 heavy (non-hydrogen) atoms. The molecule has 1 saturated carbocycles. The van der Waals surface area contributed by atoms with E-state index in [1.165, 1.54) is 45.3 Å². The molecule has 1 heterocycles. The zero-order valence-electron chi connectivity index (χ0n) is 9.63. The highest BCUT2D eigenvalue weighted by Gasteiger charge is 2.42. The summed E-state index contributed by atoms with van der Waals surface area (Å²) >= 11 is 0. The van der Waals surface area contributed by atoms with Crippen molar-refractivity contribution in [1.82, 2.24) is 10.2 Å². The van der Waals surface area contributed by atoms with Crippen molar-refractivity contribution in [3.05, 3.63) is 0 Å². The van der Waals surface area contributed by atoms with Gasteiger partial charge >= 0.3 is 0 Å². The lowest BCUT2D eigenvalue weighted by Gasteiger charge is -2.29. The summed E-state index contributed by atoms with van der Waals surface area (Å²) < 4.78 is 0. The topological polar surface area (TPSA) is 15.3 Å². The predicted octanol–water partition coefficient (Wildman–Crippen LogP) is 1.57. The number of piperidine rings is 1. The van der Waals surface area contributed by atoms with Gasteiger partial charge < -0.3 is 10.2 Å². The Hall–Kier alpha value is -0.0800. The second-order valence-electron chi connectivity index (χ2n) is 5.19. The van der Waals surface area contributed by atoms with E-state index in [0.717, 1.165) is 17.8 Å². The second kappa shape index (κ2) is 4.63. The monoisotopic (exact) mass is 196 g/mol. The van der Waals surface area contributed by atoms with Gasteiger partial charge in [-0.1, -0.05) is 0 Å². The summed E-state index contributed by atoms with van der Waals surface area (Å²) in [5.41, 5.74) is 0. The molecular weight excluding hydrogens is 172 g/mol. The Morgan fingerprint density at radius 2 is 2.00 bits per heavy atom. The van der Waals surface area contributed by atoms with Crippen LogP contribution in [0.4, 0.5) is 0 Å². The van der Waals surface area contributed by atoms with Gasteiger partial charge in [-0.25, -0.2) is 0 Å². The molecule has 0 spiro atoms. The molecule has 1 N–H and O–H groups in total. The van der Waals surface area contributed by atoms with Crippen LogP contribution >= 0.6 is 0 Å². The molecule has 2 rings (SSSR count). The molecule has 2 atom stereocenters. The maximum atomic E-state index is 3.26. The van der Waals surface area contributed by atoms with Gasteiger partial charge in [-0.3, -0.25) is 0 Å². The van der Waals surface area contributed by atoms with Crippen molar-refractivity contribution in [3.63, 3.8) is 0 Å². The highest BCUT2D eigenvalue weighted by molar-refractivity contribution is 4.93. The molecule has 0 amide bonds. The van der Waals surface area contributed by atoms with Gasteiger partial charge in [0, 0.05) is 0 Å². The highest BCUT2D eigenvalue weighted by atomic mass is 15.1. The highest BCUT2D eigenvalue weighted by Crippen LogP contribution is 2.49. The standard InChI is InChI=1S/C12H24N2/c1-13-6-3-11-9-12(11)10-4-7-14(2)8-5-10/h10-13H,3-9H2,1-2H3/t11?,12-/m1/s1. The summed E-state index contributed by atoms with van der Waals surface area (Å²) in [6.07, 6.45) is 5.85. The molecule has 0 bridgehead atoms. The molecule has 2 fully saturated rings. The number of nitrogens with one attached hydrogen (secondary N) is 1. The van der Waals surface area contributed by atoms with Crippen molar-refractivity contribution in [2.75, 3.05) is 33.7 Å². The third-order valence-electron chi connectivity index (χ3n) is 4.11. The van der Waals surface area contributed by atoms with Crippen LogP contribution in [0.5, 0.6) is 0 Å². The van der Waals surface area contributed by atoms with E-state index in [4.69, 9.17) is 0 Å². The van der Waals surface area contributed by atoms with Gasteiger partial charge in [0.15, 0.2) is 0 Å². The molecule has 0 aromatic carbocycles. The first kappa shape index (κ1) is 10.4. The van der Waals surface area contributed by atoms with Gasteiger partial charge in [0.1, 0.15) is 0 Å². The van der Waals surface area contributed by atoms with E-state index in [1.54, 1.807) is 0 Å². The van der Waals surface area contributed by atoms with E-state index in [0.29, 0.717) is 0 Å². The Labute approximate surface area is 88.1 Å². The van der Waals surface area contributed by atoms with E-state index in [-0.39, 0.29) is 0 Å². The van der Waals surface area contributed by atoms with E-state index >= 15 is 0 Å². The lowest BCUT2D eigenvalue weighted by molar-refractivity contribution is 0.199. The quantitative estimate of drug-likeness (QED) is 0.734. The van der Waals surface area contributed by atoms with Crippen molar-refractivity contribution in [1.29, 1.82) is 0 Å². The van der Waals surface area contributed by atoms with Gasteiger partial charge in [0.2, 0.25) is 0 Å². The molecule has 0 aromatic rings. The van der Waals surface area contributed by atoms with Gasteiger partial charge in [-0.15, -0.1) is 0 Å². The number of likely N-dealkylation sites (tertiary alicyclic amines) is 1. The largest absolute Gasteiger partial charge is 0.320 e. The average Bonchev–Trinajstić information content (AvgIpc) is 2.95. The number of hydrogen-bond acceptors (Lipinski definition) is 2. The van der Waals surface area contributed by atoms with Crippen LogP contribution in [0.3, 0.4) is 0 Å². The molecule has 2 nitrogen and oxygen atoms in total. The second-order valence-corrected chi connectivity index (χ2v) is 5.19. The van der Waals surface area contributed by atoms with E-state index in [9.17, 15) is 0 Å². The minimum atomic E-state index is 1.06. The SMILES string of the molecule is CNCCC1C[C@@H]1C1CCN(C)CC1. The zero-order chi connectivity index (χ0) is 9.97. The summed E-state index contributed by atoms with van der Waals surface area (Å²) in [6, 6.07) is 0. The lowest BCUT2D eigenvalue weighted by Crippen LogP contribution is -2.31. The number of rotatable bonds is 4. The molecule has 82 valence electrons. The number of hydrogen-bond donors (Lipinski definition) is 1. The molecule has 2 heteroatoms. The summed E-state index contributed by atoms with van der Waals surface area (Å²) in [4.78, 5) is 2.47. The molecule has 2 aliphatic rings. The van der Waals surface area contributed by atoms with Crippen LogP contribution in [-0.2, 0) is 0 Å². The van der Waals surface area contributed by atoms with Gasteiger partial charge in [-0.2, -0.15) is 0 Å². The molecule has 1 aliphatic heterocycles.